The maximum absolute atomic E-state index is 11.3. The zero-order valence-electron chi connectivity index (χ0n) is 11.7. The largest absolute Gasteiger partial charge is 0.477 e. The third-order valence-corrected chi connectivity index (χ3v) is 4.36. The first kappa shape index (κ1) is 16.1. The number of anilines is 1. The van der Waals surface area contributed by atoms with E-state index in [4.69, 9.17) is 34.8 Å². The molecule has 2 aromatic rings. The van der Waals surface area contributed by atoms with Gasteiger partial charge in [-0.2, -0.15) is 5.10 Å². The van der Waals surface area contributed by atoms with E-state index in [1.807, 2.05) is 12.1 Å². The molecule has 0 aromatic heterocycles. The summed E-state index contributed by atoms with van der Waals surface area (Å²) in [4.78, 5) is 11.3. The molecule has 0 unspecified atom stereocenters. The Kier molecular flexibility index (Phi) is 4.48. The van der Waals surface area contributed by atoms with Crippen molar-refractivity contribution < 1.29 is 9.90 Å². The Bertz CT molecular complexity index is 790. The van der Waals surface area contributed by atoms with Crippen molar-refractivity contribution in [3.8, 4) is 0 Å². The summed E-state index contributed by atoms with van der Waals surface area (Å²) >= 11 is 18.1. The number of hydrogen-bond acceptors (Lipinski definition) is 3. The number of aliphatic carboxylic acids is 1. The summed E-state index contributed by atoms with van der Waals surface area (Å²) in [5, 5.41) is 16.6. The number of hydrazone groups is 1. The molecule has 0 spiro atoms. The molecule has 118 valence electrons. The van der Waals surface area contributed by atoms with Crippen LogP contribution in [0.4, 0.5) is 5.69 Å². The predicted molar refractivity (Wildman–Crippen MR) is 92.8 cm³/mol. The van der Waals surface area contributed by atoms with E-state index in [-0.39, 0.29) is 18.2 Å². The van der Waals surface area contributed by atoms with E-state index in [1.54, 1.807) is 35.3 Å². The van der Waals surface area contributed by atoms with Crippen LogP contribution in [0.1, 0.15) is 18.0 Å². The third kappa shape index (κ3) is 3.29. The van der Waals surface area contributed by atoms with Crippen molar-refractivity contribution in [1.29, 1.82) is 0 Å². The molecule has 1 aliphatic rings. The van der Waals surface area contributed by atoms with Crippen LogP contribution >= 0.6 is 34.8 Å². The van der Waals surface area contributed by atoms with Gasteiger partial charge in [0.15, 0.2) is 0 Å². The van der Waals surface area contributed by atoms with E-state index < -0.39 is 5.97 Å². The maximum Gasteiger partial charge on any atom is 0.352 e. The van der Waals surface area contributed by atoms with Gasteiger partial charge < -0.3 is 5.11 Å². The monoisotopic (exact) mass is 368 g/mol. The van der Waals surface area contributed by atoms with E-state index in [0.29, 0.717) is 20.8 Å². The van der Waals surface area contributed by atoms with Gasteiger partial charge in [-0.05, 0) is 35.9 Å². The molecule has 1 heterocycles. The molecule has 0 saturated heterocycles. The standard InChI is InChI=1S/C16H11Cl3N2O2/c17-10-3-1-9(2-4-10)15-8-13(16(22)23)20-21(15)14-6-5-11(18)7-12(14)19/h1-7,15H,8H2,(H,22,23)/t15-/m0/s1. The Morgan fingerprint density at radius 2 is 1.74 bits per heavy atom. The second kappa shape index (κ2) is 6.40. The van der Waals surface area contributed by atoms with Crippen molar-refractivity contribution in [2.45, 2.75) is 12.5 Å². The van der Waals surface area contributed by atoms with Crippen LogP contribution in [-0.2, 0) is 4.79 Å². The lowest BCUT2D eigenvalue weighted by Gasteiger charge is -2.25. The number of carbonyl (C=O) groups is 1. The molecular weight excluding hydrogens is 359 g/mol. The van der Waals surface area contributed by atoms with Crippen molar-refractivity contribution in [3.05, 3.63) is 63.1 Å². The van der Waals surface area contributed by atoms with Crippen LogP contribution in [0.2, 0.25) is 15.1 Å². The number of benzene rings is 2. The number of rotatable bonds is 3. The van der Waals surface area contributed by atoms with Crippen molar-refractivity contribution in [1.82, 2.24) is 0 Å². The van der Waals surface area contributed by atoms with Crippen LogP contribution in [0.3, 0.4) is 0 Å². The molecule has 3 rings (SSSR count). The van der Waals surface area contributed by atoms with Crippen LogP contribution < -0.4 is 5.01 Å². The Hall–Kier alpha value is -1.75. The molecule has 0 aliphatic carbocycles. The summed E-state index contributed by atoms with van der Waals surface area (Å²) in [6.45, 7) is 0. The Morgan fingerprint density at radius 3 is 2.35 bits per heavy atom. The molecule has 7 heteroatoms. The van der Waals surface area contributed by atoms with Crippen molar-refractivity contribution in [2.24, 2.45) is 5.10 Å². The van der Waals surface area contributed by atoms with Gasteiger partial charge in [-0.3, -0.25) is 5.01 Å². The summed E-state index contributed by atoms with van der Waals surface area (Å²) in [7, 11) is 0. The van der Waals surface area contributed by atoms with Crippen molar-refractivity contribution >= 4 is 52.2 Å². The fraction of sp³-hybridized carbons (Fsp3) is 0.125. The van der Waals surface area contributed by atoms with Gasteiger partial charge in [0.25, 0.3) is 0 Å². The Labute approximate surface area is 147 Å². The first-order valence-electron chi connectivity index (χ1n) is 6.76. The Morgan fingerprint density at radius 1 is 1.09 bits per heavy atom. The first-order valence-corrected chi connectivity index (χ1v) is 7.89. The quantitative estimate of drug-likeness (QED) is 0.824. The molecule has 0 bridgehead atoms. The van der Waals surface area contributed by atoms with Crippen LogP contribution in [-0.4, -0.2) is 16.8 Å². The average Bonchev–Trinajstić information content (AvgIpc) is 2.93. The molecule has 2 aromatic carbocycles. The number of carboxylic acids is 1. The maximum atomic E-state index is 11.3. The minimum atomic E-state index is -1.04. The van der Waals surface area contributed by atoms with Crippen LogP contribution in [0.25, 0.3) is 0 Å². The second-order valence-corrected chi connectivity index (χ2v) is 6.34. The van der Waals surface area contributed by atoms with Crippen LogP contribution in [0.15, 0.2) is 47.6 Å². The predicted octanol–water partition coefficient (Wildman–Crippen LogP) is 5.04. The van der Waals surface area contributed by atoms with E-state index in [1.165, 1.54) is 0 Å². The fourth-order valence-corrected chi connectivity index (χ4v) is 3.09. The lowest BCUT2D eigenvalue weighted by molar-refractivity contribution is -0.129. The van der Waals surface area contributed by atoms with Crippen LogP contribution in [0.5, 0.6) is 0 Å². The SMILES string of the molecule is O=C(O)C1=NN(c2ccc(Cl)cc2Cl)[C@H](c2ccc(Cl)cc2)C1. The van der Waals surface area contributed by atoms with Gasteiger partial charge in [0, 0.05) is 16.5 Å². The molecule has 23 heavy (non-hydrogen) atoms. The Balaban J connectivity index is 2.04. The minimum absolute atomic E-state index is 0.0796. The molecule has 0 saturated carbocycles. The summed E-state index contributed by atoms with van der Waals surface area (Å²) in [6.07, 6.45) is 0.274. The second-order valence-electron chi connectivity index (χ2n) is 5.06. The van der Waals surface area contributed by atoms with Gasteiger partial charge in [0.05, 0.1) is 16.8 Å². The smallest absolute Gasteiger partial charge is 0.352 e. The number of halogens is 3. The number of carboxylic acid groups (broad SMARTS) is 1. The van der Waals surface area contributed by atoms with Crippen LogP contribution in [0, 0.1) is 0 Å². The van der Waals surface area contributed by atoms with Gasteiger partial charge in [0.1, 0.15) is 5.71 Å². The van der Waals surface area contributed by atoms with Gasteiger partial charge in [0.2, 0.25) is 0 Å². The summed E-state index contributed by atoms with van der Waals surface area (Å²) in [6, 6.07) is 12.0. The van der Waals surface area contributed by atoms with E-state index in [0.717, 1.165) is 5.56 Å². The van der Waals surface area contributed by atoms with Crippen molar-refractivity contribution in [3.63, 3.8) is 0 Å². The molecule has 4 nitrogen and oxygen atoms in total. The zero-order chi connectivity index (χ0) is 16.6. The zero-order valence-corrected chi connectivity index (χ0v) is 14.0. The molecule has 1 atom stereocenters. The van der Waals surface area contributed by atoms with E-state index >= 15 is 0 Å². The summed E-state index contributed by atoms with van der Waals surface area (Å²) < 4.78 is 0. The molecule has 1 aliphatic heterocycles. The highest BCUT2D eigenvalue weighted by atomic mass is 35.5. The summed E-state index contributed by atoms with van der Waals surface area (Å²) in [5.41, 5.74) is 1.59. The van der Waals surface area contributed by atoms with Gasteiger partial charge in [-0.1, -0.05) is 46.9 Å². The van der Waals surface area contributed by atoms with E-state index in [2.05, 4.69) is 5.10 Å². The van der Waals surface area contributed by atoms with E-state index in [9.17, 15) is 9.90 Å². The van der Waals surface area contributed by atoms with Gasteiger partial charge >= 0.3 is 5.97 Å². The average molecular weight is 370 g/mol. The van der Waals surface area contributed by atoms with Crippen molar-refractivity contribution in [2.75, 3.05) is 5.01 Å². The molecule has 0 amide bonds. The highest BCUT2D eigenvalue weighted by Gasteiger charge is 2.33. The molecular formula is C16H11Cl3N2O2. The lowest BCUT2D eigenvalue weighted by atomic mass is 10.0. The molecule has 0 fully saturated rings. The summed E-state index contributed by atoms with van der Waals surface area (Å²) in [5.74, 6) is -1.04. The molecule has 0 radical (unpaired) electrons. The minimum Gasteiger partial charge on any atom is -0.477 e. The highest BCUT2D eigenvalue weighted by molar-refractivity contribution is 6.38. The van der Waals surface area contributed by atoms with Gasteiger partial charge in [-0.25, -0.2) is 4.79 Å². The first-order chi connectivity index (χ1) is 11.0. The number of hydrogen-bond donors (Lipinski definition) is 1. The highest BCUT2D eigenvalue weighted by Crippen LogP contribution is 2.39. The van der Waals surface area contributed by atoms with Gasteiger partial charge in [-0.15, -0.1) is 0 Å². The lowest BCUT2D eigenvalue weighted by Crippen LogP contribution is -2.19. The fourth-order valence-electron chi connectivity index (χ4n) is 2.47. The number of nitrogens with zero attached hydrogens (tertiary/aromatic N) is 2. The normalized spacial score (nSPS) is 17.3. The molecule has 1 N–H and O–H groups in total. The third-order valence-electron chi connectivity index (χ3n) is 3.57. The topological polar surface area (TPSA) is 52.9 Å².